The molecule has 2 aromatic carbocycles. The number of nitrogens with one attached hydrogen (secondary N) is 1. The Kier molecular flexibility index (Phi) is 6.25. The van der Waals surface area contributed by atoms with Gasteiger partial charge in [-0.2, -0.15) is 0 Å². The van der Waals surface area contributed by atoms with Crippen LogP contribution in [0.2, 0.25) is 5.02 Å². The van der Waals surface area contributed by atoms with Gasteiger partial charge in [-0.3, -0.25) is 9.59 Å². The van der Waals surface area contributed by atoms with E-state index in [0.717, 1.165) is 16.9 Å². The lowest BCUT2D eigenvalue weighted by Gasteiger charge is -2.26. The van der Waals surface area contributed by atoms with Gasteiger partial charge < -0.3 is 15.0 Å². The largest absolute Gasteiger partial charge is 0.494 e. The number of amides is 2. The van der Waals surface area contributed by atoms with Crippen molar-refractivity contribution in [1.29, 1.82) is 0 Å². The third-order valence-electron chi connectivity index (χ3n) is 5.14. The Balaban J connectivity index is 1.78. The van der Waals surface area contributed by atoms with Gasteiger partial charge in [0.15, 0.2) is 0 Å². The normalized spacial score (nSPS) is 20.1. The Hall–Kier alpha value is -2.53. The molecule has 6 heteroatoms. The second-order valence-corrected chi connectivity index (χ2v) is 7.49. The van der Waals surface area contributed by atoms with Gasteiger partial charge in [0.25, 0.3) is 0 Å². The molecule has 0 aromatic heterocycles. The van der Waals surface area contributed by atoms with E-state index in [1.807, 2.05) is 56.3 Å². The third-order valence-corrected chi connectivity index (χ3v) is 5.38. The molecule has 1 N–H and O–H groups in total. The molecule has 28 heavy (non-hydrogen) atoms. The monoisotopic (exact) mass is 400 g/mol. The lowest BCUT2D eigenvalue weighted by Crippen LogP contribution is -2.36. The van der Waals surface area contributed by atoms with E-state index in [9.17, 15) is 9.59 Å². The Bertz CT molecular complexity index is 870. The SMILES string of the molecule is CCOc1cccc(C(C)NC(=O)C2CC(=O)N(C)C2c2cccc(Cl)c2)c1. The number of hydrogen-bond donors (Lipinski definition) is 1. The summed E-state index contributed by atoms with van der Waals surface area (Å²) in [7, 11) is 1.73. The average Bonchev–Trinajstić information content (AvgIpc) is 2.97. The molecule has 0 spiro atoms. The van der Waals surface area contributed by atoms with Crippen LogP contribution in [0.25, 0.3) is 0 Å². The van der Waals surface area contributed by atoms with E-state index in [1.54, 1.807) is 18.0 Å². The number of nitrogens with zero attached hydrogens (tertiary/aromatic N) is 1. The quantitative estimate of drug-likeness (QED) is 0.792. The van der Waals surface area contributed by atoms with Gasteiger partial charge in [0.05, 0.1) is 24.6 Å². The maximum atomic E-state index is 13.0. The molecule has 0 radical (unpaired) electrons. The van der Waals surface area contributed by atoms with Gasteiger partial charge >= 0.3 is 0 Å². The summed E-state index contributed by atoms with van der Waals surface area (Å²) < 4.78 is 5.54. The summed E-state index contributed by atoms with van der Waals surface area (Å²) in [6.45, 7) is 4.45. The van der Waals surface area contributed by atoms with E-state index < -0.39 is 5.92 Å². The first-order chi connectivity index (χ1) is 13.4. The zero-order valence-corrected chi connectivity index (χ0v) is 17.1. The molecule has 0 aliphatic carbocycles. The highest BCUT2D eigenvalue weighted by Crippen LogP contribution is 2.38. The van der Waals surface area contributed by atoms with E-state index in [-0.39, 0.29) is 30.3 Å². The van der Waals surface area contributed by atoms with Crippen LogP contribution in [-0.4, -0.2) is 30.4 Å². The maximum absolute atomic E-state index is 13.0. The minimum atomic E-state index is -0.464. The number of rotatable bonds is 6. The molecule has 0 bridgehead atoms. The fourth-order valence-electron chi connectivity index (χ4n) is 3.70. The second-order valence-electron chi connectivity index (χ2n) is 7.05. The number of carbonyl (C=O) groups is 2. The maximum Gasteiger partial charge on any atom is 0.226 e. The van der Waals surface area contributed by atoms with Crippen LogP contribution >= 0.6 is 11.6 Å². The fraction of sp³-hybridized carbons (Fsp3) is 0.364. The summed E-state index contributed by atoms with van der Waals surface area (Å²) in [4.78, 5) is 27.0. The Labute approximate surface area is 170 Å². The smallest absolute Gasteiger partial charge is 0.226 e. The molecule has 0 saturated carbocycles. The number of hydrogen-bond acceptors (Lipinski definition) is 3. The summed E-state index contributed by atoms with van der Waals surface area (Å²) in [5, 5.41) is 3.64. The van der Waals surface area contributed by atoms with Crippen molar-refractivity contribution in [3.8, 4) is 5.75 Å². The second kappa shape index (κ2) is 8.65. The molecule has 2 amide bonds. The zero-order valence-electron chi connectivity index (χ0n) is 16.3. The van der Waals surface area contributed by atoms with Gasteiger partial charge in [0.2, 0.25) is 11.8 Å². The minimum Gasteiger partial charge on any atom is -0.494 e. The number of likely N-dealkylation sites (tertiary alicyclic amines) is 1. The molecule has 1 saturated heterocycles. The molecule has 3 unspecified atom stereocenters. The summed E-state index contributed by atoms with van der Waals surface area (Å²) in [6, 6.07) is 14.5. The summed E-state index contributed by atoms with van der Waals surface area (Å²) >= 11 is 6.12. The first-order valence-electron chi connectivity index (χ1n) is 9.45. The van der Waals surface area contributed by atoms with Crippen molar-refractivity contribution in [3.05, 3.63) is 64.7 Å². The minimum absolute atomic E-state index is 0.0453. The van der Waals surface area contributed by atoms with Crippen molar-refractivity contribution < 1.29 is 14.3 Å². The predicted molar refractivity (Wildman–Crippen MR) is 109 cm³/mol. The molecule has 1 fully saturated rings. The molecule has 5 nitrogen and oxygen atoms in total. The summed E-state index contributed by atoms with van der Waals surface area (Å²) in [5.41, 5.74) is 1.82. The molecule has 1 aliphatic rings. The van der Waals surface area contributed by atoms with Gasteiger partial charge in [-0.25, -0.2) is 0 Å². The Morgan fingerprint density at radius 3 is 2.75 bits per heavy atom. The van der Waals surface area contributed by atoms with E-state index in [0.29, 0.717) is 11.6 Å². The highest BCUT2D eigenvalue weighted by atomic mass is 35.5. The van der Waals surface area contributed by atoms with Crippen LogP contribution in [-0.2, 0) is 9.59 Å². The van der Waals surface area contributed by atoms with Crippen LogP contribution in [0, 0.1) is 5.92 Å². The lowest BCUT2D eigenvalue weighted by molar-refractivity contribution is -0.128. The standard InChI is InChI=1S/C22H25ClN2O3/c1-4-28-18-10-6-7-15(12-18)14(2)24-22(27)19-13-20(26)25(3)21(19)16-8-5-9-17(23)11-16/h5-12,14,19,21H,4,13H2,1-3H3,(H,24,27). The summed E-state index contributed by atoms with van der Waals surface area (Å²) in [6.07, 6.45) is 0.186. The highest BCUT2D eigenvalue weighted by molar-refractivity contribution is 6.30. The third kappa shape index (κ3) is 4.30. The molecular formula is C22H25ClN2O3. The fourth-order valence-corrected chi connectivity index (χ4v) is 3.89. The van der Waals surface area contributed by atoms with Crippen molar-refractivity contribution in [1.82, 2.24) is 10.2 Å². The van der Waals surface area contributed by atoms with E-state index in [4.69, 9.17) is 16.3 Å². The number of benzene rings is 2. The van der Waals surface area contributed by atoms with Gasteiger partial charge in [-0.15, -0.1) is 0 Å². The Morgan fingerprint density at radius 1 is 1.29 bits per heavy atom. The topological polar surface area (TPSA) is 58.6 Å². The average molecular weight is 401 g/mol. The van der Waals surface area contributed by atoms with Crippen molar-refractivity contribution >= 4 is 23.4 Å². The van der Waals surface area contributed by atoms with Crippen molar-refractivity contribution in [3.63, 3.8) is 0 Å². The molecule has 1 heterocycles. The van der Waals surface area contributed by atoms with Crippen molar-refractivity contribution in [2.45, 2.75) is 32.4 Å². The number of halogens is 1. The lowest BCUT2D eigenvalue weighted by atomic mass is 9.92. The molecule has 3 atom stereocenters. The van der Waals surface area contributed by atoms with Crippen LogP contribution in [0.4, 0.5) is 0 Å². The van der Waals surface area contributed by atoms with Gasteiger partial charge in [-0.05, 0) is 49.2 Å². The molecule has 148 valence electrons. The zero-order chi connectivity index (χ0) is 20.3. The van der Waals surface area contributed by atoms with Crippen LogP contribution in [0.5, 0.6) is 5.75 Å². The summed E-state index contributed by atoms with van der Waals surface area (Å²) in [5.74, 6) is 0.121. The van der Waals surface area contributed by atoms with E-state index in [2.05, 4.69) is 5.32 Å². The van der Waals surface area contributed by atoms with Crippen molar-refractivity contribution in [2.75, 3.05) is 13.7 Å². The molecule has 1 aliphatic heterocycles. The van der Waals surface area contributed by atoms with Gasteiger partial charge in [0.1, 0.15) is 5.75 Å². The molecule has 3 rings (SSSR count). The Morgan fingerprint density at radius 2 is 2.04 bits per heavy atom. The van der Waals surface area contributed by atoms with Gasteiger partial charge in [0, 0.05) is 18.5 Å². The number of ether oxygens (including phenoxy) is 1. The van der Waals surface area contributed by atoms with Gasteiger partial charge in [-0.1, -0.05) is 35.9 Å². The van der Waals surface area contributed by atoms with Crippen LogP contribution in [0.3, 0.4) is 0 Å². The molecule has 2 aromatic rings. The highest BCUT2D eigenvalue weighted by Gasteiger charge is 2.43. The molecular weight excluding hydrogens is 376 g/mol. The van der Waals surface area contributed by atoms with E-state index in [1.165, 1.54) is 0 Å². The van der Waals surface area contributed by atoms with Crippen LogP contribution in [0.15, 0.2) is 48.5 Å². The van der Waals surface area contributed by atoms with Crippen LogP contribution < -0.4 is 10.1 Å². The first kappa shape index (κ1) is 20.2. The first-order valence-corrected chi connectivity index (χ1v) is 9.82. The van der Waals surface area contributed by atoms with E-state index >= 15 is 0 Å². The van der Waals surface area contributed by atoms with Crippen molar-refractivity contribution in [2.24, 2.45) is 5.92 Å². The number of carbonyl (C=O) groups excluding carboxylic acids is 2. The predicted octanol–water partition coefficient (Wildman–Crippen LogP) is 4.14. The van der Waals surface area contributed by atoms with Crippen LogP contribution in [0.1, 0.15) is 43.5 Å².